The first-order valence-corrected chi connectivity index (χ1v) is 7.14. The molecule has 0 aromatic carbocycles. The minimum absolute atomic E-state index is 0. The van der Waals surface area contributed by atoms with Gasteiger partial charge in [-0.1, -0.05) is 26.7 Å². The Morgan fingerprint density at radius 3 is 1.80 bits per heavy atom. The maximum Gasteiger partial charge on any atom is -0.147 e. The second-order valence-electron chi connectivity index (χ2n) is 4.96. The third kappa shape index (κ3) is 14.5. The second-order valence-corrected chi connectivity index (χ2v) is 6.53. The van der Waals surface area contributed by atoms with Crippen molar-refractivity contribution < 1.29 is 20.0 Å². The molecule has 0 aromatic rings. The smallest absolute Gasteiger partial charge is 0.147 e. The van der Waals surface area contributed by atoms with E-state index in [1.807, 2.05) is 0 Å². The molecule has 0 N–H and O–H groups in total. The van der Waals surface area contributed by atoms with Crippen LogP contribution in [0.4, 0.5) is 0 Å². The van der Waals surface area contributed by atoms with Gasteiger partial charge in [-0.05, 0) is 0 Å². The molecule has 0 radical (unpaired) electrons. The van der Waals surface area contributed by atoms with Crippen LogP contribution in [0.25, 0.3) is 0 Å². The first-order valence-electron chi connectivity index (χ1n) is 6.36. The quantitative estimate of drug-likeness (QED) is 0.394. The van der Waals surface area contributed by atoms with Gasteiger partial charge in [-0.15, -0.1) is 38.2 Å². The fourth-order valence-corrected chi connectivity index (χ4v) is 1.36. The van der Waals surface area contributed by atoms with Crippen LogP contribution in [0.2, 0.25) is 0 Å². The molecule has 2 aliphatic carbocycles. The number of rotatable bonds is 0. The summed E-state index contributed by atoms with van der Waals surface area (Å²) in [7, 11) is 0. The Balaban J connectivity index is -0.000000215. The molecule has 1 atom stereocenters. The van der Waals surface area contributed by atoms with E-state index in [1.165, 1.54) is 20.5 Å². The summed E-state index contributed by atoms with van der Waals surface area (Å²) in [6.07, 6.45) is 13.7. The van der Waals surface area contributed by atoms with Crippen molar-refractivity contribution in [2.24, 2.45) is 5.92 Å². The Kier molecular flexibility index (Phi) is 17.7. The summed E-state index contributed by atoms with van der Waals surface area (Å²) < 4.78 is 1.42. The van der Waals surface area contributed by atoms with Crippen molar-refractivity contribution in [1.29, 1.82) is 0 Å². The van der Waals surface area contributed by atoms with Crippen LogP contribution in [0.3, 0.4) is 0 Å². The van der Waals surface area contributed by atoms with Crippen molar-refractivity contribution in [2.45, 2.75) is 48.0 Å². The topological polar surface area (TPSA) is 0 Å². The van der Waals surface area contributed by atoms with Gasteiger partial charge >= 0.3 is 37.6 Å². The first-order chi connectivity index (χ1) is 8.32. The number of hydrogen-bond donors (Lipinski definition) is 0. The zero-order valence-corrected chi connectivity index (χ0v) is 16.5. The molecule has 112 valence electrons. The summed E-state index contributed by atoms with van der Waals surface area (Å²) in [5.41, 5.74) is 4.12. The van der Waals surface area contributed by atoms with Gasteiger partial charge in [-0.2, -0.15) is 11.6 Å². The normalized spacial score (nSPS) is 18.0. The van der Waals surface area contributed by atoms with Gasteiger partial charge in [-0.25, -0.2) is 23.3 Å². The van der Waals surface area contributed by atoms with Gasteiger partial charge in [-0.3, -0.25) is 12.2 Å². The second kappa shape index (κ2) is 14.1. The fourth-order valence-electron chi connectivity index (χ4n) is 1.36. The van der Waals surface area contributed by atoms with Crippen molar-refractivity contribution in [3.63, 3.8) is 0 Å². The number of hydrogen-bond acceptors (Lipinski definition) is 0. The van der Waals surface area contributed by atoms with Gasteiger partial charge in [0.2, 0.25) is 0 Å². The molecule has 0 saturated heterocycles. The fraction of sp³-hybridized carbons (Fsp3) is 0.471. The largest absolute Gasteiger partial charge is 0.147 e. The monoisotopic (exact) mass is 348 g/mol. The number of halogens is 2. The molecule has 1 unspecified atom stereocenters. The summed E-state index contributed by atoms with van der Waals surface area (Å²) in [5, 5.41) is 0. The van der Waals surface area contributed by atoms with Crippen LogP contribution in [-0.4, -0.2) is 3.81 Å². The van der Waals surface area contributed by atoms with Crippen LogP contribution in [0.5, 0.6) is 0 Å². The molecular formula is C17H26Cl2Ti. The Hall–Kier alpha value is 0.124. The Bertz CT molecular complexity index is 397. The molecule has 0 aliphatic heterocycles. The molecule has 20 heavy (non-hydrogen) atoms. The molecule has 0 heterocycles. The van der Waals surface area contributed by atoms with Crippen molar-refractivity contribution >= 4 is 28.6 Å². The van der Waals surface area contributed by atoms with E-state index in [-0.39, 0.29) is 24.8 Å². The zero-order chi connectivity index (χ0) is 14.1. The van der Waals surface area contributed by atoms with Gasteiger partial charge < -0.3 is 0 Å². The van der Waals surface area contributed by atoms with E-state index < -0.39 is 0 Å². The summed E-state index contributed by atoms with van der Waals surface area (Å²) in [5.74, 6) is 0.556. The van der Waals surface area contributed by atoms with Crippen molar-refractivity contribution in [1.82, 2.24) is 0 Å². The van der Waals surface area contributed by atoms with Crippen LogP contribution in [0.15, 0.2) is 34.9 Å². The minimum atomic E-state index is 0. The van der Waals surface area contributed by atoms with Crippen molar-refractivity contribution in [3.8, 4) is 0 Å². The standard InChI is InChI=1S/2C7H9.C3H6.2ClH.Ti/c1-6-3-4-7(2)5-6;1-6-4-3-5-7(6)2;1-3-2;;;/h3-4,6H,1-2H3;4H,5H2,1-2H3;1-2H3;2*1H;/q2*-1;;;;+2. The van der Waals surface area contributed by atoms with Gasteiger partial charge in [0.1, 0.15) is 0 Å². The molecule has 0 spiro atoms. The molecule has 3 heteroatoms. The third-order valence-electron chi connectivity index (χ3n) is 2.45. The van der Waals surface area contributed by atoms with Crippen molar-refractivity contribution in [2.75, 3.05) is 0 Å². The molecule has 0 saturated carbocycles. The average molecular weight is 349 g/mol. The molecule has 0 bridgehead atoms. The molecule has 2 aliphatic rings. The Labute approximate surface area is 149 Å². The third-order valence-corrected chi connectivity index (χ3v) is 2.45. The summed E-state index contributed by atoms with van der Waals surface area (Å²) in [6, 6.07) is 0. The Morgan fingerprint density at radius 1 is 1.20 bits per heavy atom. The van der Waals surface area contributed by atoms with Gasteiger partial charge in [0.25, 0.3) is 0 Å². The first kappa shape index (κ1) is 25.1. The maximum atomic E-state index is 3.22. The SMILES string of the molecule is CC1=C(C)C[C-]=C1.CC1=[C-]C(C)C=C1.C[C](C)=[Ti+2].Cl.Cl. The van der Waals surface area contributed by atoms with Gasteiger partial charge in [0.15, 0.2) is 0 Å². The van der Waals surface area contributed by atoms with E-state index in [0.717, 1.165) is 6.42 Å². The van der Waals surface area contributed by atoms with Crippen LogP contribution in [0, 0.1) is 18.1 Å². The van der Waals surface area contributed by atoms with E-state index in [9.17, 15) is 0 Å². The van der Waals surface area contributed by atoms with Gasteiger partial charge in [0.05, 0.1) is 0 Å². The van der Waals surface area contributed by atoms with Crippen LogP contribution in [-0.2, 0) is 20.0 Å². The minimum Gasteiger partial charge on any atom is -0.147 e. The zero-order valence-electron chi connectivity index (χ0n) is 13.3. The van der Waals surface area contributed by atoms with Crippen molar-refractivity contribution in [3.05, 3.63) is 47.1 Å². The van der Waals surface area contributed by atoms with E-state index in [4.69, 9.17) is 0 Å². The van der Waals surface area contributed by atoms with E-state index in [1.54, 1.807) is 0 Å². The predicted molar refractivity (Wildman–Crippen MR) is 92.4 cm³/mol. The Morgan fingerprint density at radius 2 is 1.70 bits per heavy atom. The number of allylic oxidation sites excluding steroid dienone is 8. The molecule has 0 nitrogen and oxygen atoms in total. The average Bonchev–Trinajstić information content (AvgIpc) is 2.77. The molecule has 0 amide bonds. The van der Waals surface area contributed by atoms with Gasteiger partial charge in [0, 0.05) is 0 Å². The van der Waals surface area contributed by atoms with E-state index >= 15 is 0 Å². The van der Waals surface area contributed by atoms with E-state index in [0.29, 0.717) is 5.92 Å². The molecule has 0 aromatic heterocycles. The van der Waals surface area contributed by atoms with E-state index in [2.05, 4.69) is 91.9 Å². The summed E-state index contributed by atoms with van der Waals surface area (Å²) >= 11 is 2.08. The van der Waals surface area contributed by atoms with Crippen LogP contribution in [0.1, 0.15) is 48.0 Å². The summed E-state index contributed by atoms with van der Waals surface area (Å²) in [4.78, 5) is 0. The summed E-state index contributed by atoms with van der Waals surface area (Å²) in [6.45, 7) is 12.6. The van der Waals surface area contributed by atoms with Crippen LogP contribution >= 0.6 is 24.8 Å². The predicted octanol–water partition coefficient (Wildman–Crippen LogP) is 5.62. The molecular weight excluding hydrogens is 323 g/mol. The van der Waals surface area contributed by atoms with Crippen LogP contribution < -0.4 is 0 Å². The molecule has 2 rings (SSSR count). The molecule has 0 fully saturated rings. The maximum absolute atomic E-state index is 3.22.